The minimum absolute atomic E-state index is 0.0538. The van der Waals surface area contributed by atoms with Gasteiger partial charge in [-0.05, 0) is 61.7 Å². The summed E-state index contributed by atoms with van der Waals surface area (Å²) in [6, 6.07) is 14.4. The van der Waals surface area contributed by atoms with E-state index in [1.54, 1.807) is 28.9 Å². The average Bonchev–Trinajstić information content (AvgIpc) is 3.17. The summed E-state index contributed by atoms with van der Waals surface area (Å²) >= 11 is 0. The molecular weight excluding hydrogens is 412 g/mol. The summed E-state index contributed by atoms with van der Waals surface area (Å²) in [5.41, 5.74) is 5.49. The van der Waals surface area contributed by atoms with Crippen molar-refractivity contribution in [1.29, 1.82) is 0 Å². The third-order valence-corrected chi connectivity index (χ3v) is 6.53. The van der Waals surface area contributed by atoms with Gasteiger partial charge in [0.15, 0.2) is 5.65 Å². The van der Waals surface area contributed by atoms with Crippen LogP contribution in [0.4, 0.5) is 5.69 Å². The number of hydrogen-bond donors (Lipinski definition) is 1. The molecule has 2 aromatic carbocycles. The molecule has 4 rings (SSSR count). The van der Waals surface area contributed by atoms with Gasteiger partial charge in [-0.1, -0.05) is 25.1 Å². The topological polar surface area (TPSA) is 85.6 Å². The zero-order chi connectivity index (χ0) is 22.2. The van der Waals surface area contributed by atoms with E-state index >= 15 is 0 Å². The van der Waals surface area contributed by atoms with Crippen molar-refractivity contribution in [3.05, 3.63) is 71.7 Å². The number of hydrogen-bond acceptors (Lipinski definition) is 5. The van der Waals surface area contributed by atoms with Gasteiger partial charge in [0.2, 0.25) is 0 Å². The Kier molecular flexibility index (Phi) is 5.41. The van der Waals surface area contributed by atoms with Gasteiger partial charge in [0.1, 0.15) is 10.6 Å². The van der Waals surface area contributed by atoms with E-state index in [4.69, 9.17) is 4.74 Å². The molecule has 0 saturated carbocycles. The zero-order valence-electron chi connectivity index (χ0n) is 17.9. The van der Waals surface area contributed by atoms with Gasteiger partial charge in [-0.15, -0.1) is 0 Å². The predicted molar refractivity (Wildman–Crippen MR) is 121 cm³/mol. The van der Waals surface area contributed by atoms with Gasteiger partial charge in [0.05, 0.1) is 13.3 Å². The van der Waals surface area contributed by atoms with Crippen LogP contribution in [0.25, 0.3) is 16.8 Å². The Morgan fingerprint density at radius 1 is 1.10 bits per heavy atom. The van der Waals surface area contributed by atoms with E-state index in [2.05, 4.69) is 14.8 Å². The van der Waals surface area contributed by atoms with E-state index in [0.29, 0.717) is 16.9 Å². The molecule has 0 spiro atoms. The quantitative estimate of drug-likeness (QED) is 0.485. The second-order valence-corrected chi connectivity index (χ2v) is 9.01. The van der Waals surface area contributed by atoms with Crippen molar-refractivity contribution in [2.75, 3.05) is 11.8 Å². The Balaban J connectivity index is 1.81. The molecule has 0 saturated heterocycles. The molecule has 0 aliphatic carbocycles. The summed E-state index contributed by atoms with van der Waals surface area (Å²) in [6.07, 6.45) is 2.51. The highest BCUT2D eigenvalue weighted by molar-refractivity contribution is 7.92. The van der Waals surface area contributed by atoms with Crippen molar-refractivity contribution in [3.63, 3.8) is 0 Å². The number of methoxy groups -OCH3 is 1. The maximum absolute atomic E-state index is 13.2. The van der Waals surface area contributed by atoms with Crippen molar-refractivity contribution in [2.24, 2.45) is 0 Å². The first-order valence-corrected chi connectivity index (χ1v) is 11.4. The summed E-state index contributed by atoms with van der Waals surface area (Å²) in [4.78, 5) is 4.65. The molecule has 4 aromatic rings. The number of aromatic nitrogens is 3. The molecule has 1 N–H and O–H groups in total. The monoisotopic (exact) mass is 436 g/mol. The first-order chi connectivity index (χ1) is 14.8. The van der Waals surface area contributed by atoms with E-state index in [1.807, 2.05) is 51.1 Å². The van der Waals surface area contributed by atoms with E-state index in [0.717, 1.165) is 28.9 Å². The van der Waals surface area contributed by atoms with Crippen LogP contribution in [-0.2, 0) is 16.4 Å². The Morgan fingerprint density at radius 2 is 1.90 bits per heavy atom. The Bertz CT molecular complexity index is 1380. The zero-order valence-corrected chi connectivity index (χ0v) is 18.7. The lowest BCUT2D eigenvalue weighted by molar-refractivity contribution is 0.403. The molecule has 0 aliphatic heterocycles. The highest BCUT2D eigenvalue weighted by Crippen LogP contribution is 2.33. The molecule has 0 amide bonds. The number of aryl methyl sites for hydroxylation is 3. The number of nitrogens with one attached hydrogen (secondary N) is 1. The van der Waals surface area contributed by atoms with Crippen LogP contribution in [0.5, 0.6) is 5.75 Å². The van der Waals surface area contributed by atoms with Crippen molar-refractivity contribution in [2.45, 2.75) is 32.1 Å². The number of anilines is 1. The van der Waals surface area contributed by atoms with Crippen LogP contribution in [0.15, 0.2) is 59.6 Å². The Hall–Kier alpha value is -3.39. The first-order valence-electron chi connectivity index (χ1n) is 9.94. The van der Waals surface area contributed by atoms with Crippen molar-refractivity contribution in [1.82, 2.24) is 14.6 Å². The third-order valence-electron chi connectivity index (χ3n) is 5.13. The van der Waals surface area contributed by atoms with Gasteiger partial charge >= 0.3 is 0 Å². The molecule has 0 unspecified atom stereocenters. The molecule has 2 aromatic heterocycles. The Morgan fingerprint density at radius 3 is 2.65 bits per heavy atom. The van der Waals surface area contributed by atoms with Crippen LogP contribution in [0.2, 0.25) is 0 Å². The number of sulfonamides is 1. The molecule has 0 radical (unpaired) electrons. The fraction of sp³-hybridized carbons (Fsp3) is 0.217. The summed E-state index contributed by atoms with van der Waals surface area (Å²) < 4.78 is 36.3. The molecule has 0 aliphatic rings. The number of nitrogens with zero attached hydrogens (tertiary/aromatic N) is 3. The van der Waals surface area contributed by atoms with Gasteiger partial charge in [0, 0.05) is 22.6 Å². The fourth-order valence-electron chi connectivity index (χ4n) is 3.59. The summed E-state index contributed by atoms with van der Waals surface area (Å²) in [6.45, 7) is 5.90. The van der Waals surface area contributed by atoms with E-state index in [-0.39, 0.29) is 10.6 Å². The Labute approximate surface area is 181 Å². The standard InChI is InChI=1S/C23H24N4O3S/c1-5-17-7-6-8-19(12-17)26-31(28,29)22-13-18(9-10-21(22)30-4)20-14-24-27-16(3)11-15(2)25-23(20)27/h6-14,26H,5H2,1-4H3. The lowest BCUT2D eigenvalue weighted by atomic mass is 10.1. The lowest BCUT2D eigenvalue weighted by Gasteiger charge is -2.13. The second-order valence-electron chi connectivity index (χ2n) is 7.36. The van der Waals surface area contributed by atoms with Crippen LogP contribution in [-0.4, -0.2) is 30.1 Å². The van der Waals surface area contributed by atoms with Gasteiger partial charge in [-0.25, -0.2) is 17.9 Å². The highest BCUT2D eigenvalue weighted by atomic mass is 32.2. The number of benzene rings is 2. The fourth-order valence-corrected chi connectivity index (χ4v) is 4.84. The minimum Gasteiger partial charge on any atom is -0.495 e. The molecule has 31 heavy (non-hydrogen) atoms. The van der Waals surface area contributed by atoms with Gasteiger partial charge in [0.25, 0.3) is 10.0 Å². The first kappa shape index (κ1) is 20.9. The summed E-state index contributed by atoms with van der Waals surface area (Å²) in [7, 11) is -2.43. The van der Waals surface area contributed by atoms with Gasteiger partial charge < -0.3 is 4.74 Å². The summed E-state index contributed by atoms with van der Waals surface area (Å²) in [5.74, 6) is 0.264. The summed E-state index contributed by atoms with van der Waals surface area (Å²) in [5, 5.41) is 4.41. The van der Waals surface area contributed by atoms with Gasteiger partial charge in [-0.3, -0.25) is 4.72 Å². The van der Waals surface area contributed by atoms with Crippen LogP contribution < -0.4 is 9.46 Å². The van der Waals surface area contributed by atoms with Crippen LogP contribution in [0.1, 0.15) is 23.9 Å². The number of rotatable bonds is 6. The van der Waals surface area contributed by atoms with E-state index < -0.39 is 10.0 Å². The molecule has 2 heterocycles. The maximum Gasteiger partial charge on any atom is 0.265 e. The predicted octanol–water partition coefficient (Wildman–Crippen LogP) is 4.38. The van der Waals surface area contributed by atoms with Gasteiger partial charge in [-0.2, -0.15) is 5.10 Å². The molecule has 160 valence electrons. The maximum atomic E-state index is 13.2. The molecule has 0 bridgehead atoms. The van der Waals surface area contributed by atoms with Crippen LogP contribution >= 0.6 is 0 Å². The highest BCUT2D eigenvalue weighted by Gasteiger charge is 2.22. The number of fused-ring (bicyclic) bond motifs is 1. The van der Waals surface area contributed by atoms with Crippen LogP contribution in [0, 0.1) is 13.8 Å². The molecule has 0 fully saturated rings. The smallest absolute Gasteiger partial charge is 0.265 e. The van der Waals surface area contributed by atoms with Crippen molar-refractivity contribution < 1.29 is 13.2 Å². The third kappa shape index (κ3) is 3.98. The van der Waals surface area contributed by atoms with E-state index in [1.165, 1.54) is 7.11 Å². The average molecular weight is 437 g/mol. The molecular formula is C23H24N4O3S. The molecule has 0 atom stereocenters. The normalized spacial score (nSPS) is 11.6. The van der Waals surface area contributed by atoms with Crippen molar-refractivity contribution >= 4 is 21.4 Å². The molecule has 7 nitrogen and oxygen atoms in total. The molecule has 8 heteroatoms. The largest absolute Gasteiger partial charge is 0.495 e. The number of ether oxygens (including phenoxy) is 1. The minimum atomic E-state index is -3.89. The SMILES string of the molecule is CCc1cccc(NS(=O)(=O)c2cc(-c3cnn4c(C)cc(C)nc34)ccc2OC)c1. The van der Waals surface area contributed by atoms with Crippen molar-refractivity contribution in [3.8, 4) is 16.9 Å². The van der Waals surface area contributed by atoms with Crippen LogP contribution in [0.3, 0.4) is 0 Å². The lowest BCUT2D eigenvalue weighted by Crippen LogP contribution is -2.14. The second kappa shape index (κ2) is 8.03. The van der Waals surface area contributed by atoms with E-state index in [9.17, 15) is 8.42 Å².